The van der Waals surface area contributed by atoms with Crippen molar-refractivity contribution in [3.63, 3.8) is 0 Å². The second kappa shape index (κ2) is 10.8. The van der Waals surface area contributed by atoms with Gasteiger partial charge >= 0.3 is 0 Å². The molecule has 0 saturated heterocycles. The molecule has 2 aromatic rings. The van der Waals surface area contributed by atoms with E-state index in [9.17, 15) is 9.59 Å². The van der Waals surface area contributed by atoms with Gasteiger partial charge in [-0.05, 0) is 59.9 Å². The number of aryl methyl sites for hydroxylation is 1. The molecule has 8 heteroatoms. The van der Waals surface area contributed by atoms with Gasteiger partial charge in [0, 0.05) is 5.02 Å². The van der Waals surface area contributed by atoms with E-state index in [-0.39, 0.29) is 30.0 Å². The summed E-state index contributed by atoms with van der Waals surface area (Å²) in [6.07, 6.45) is 0.140. The zero-order chi connectivity index (χ0) is 21.4. The first kappa shape index (κ1) is 22.6. The number of amides is 2. The molecule has 6 nitrogen and oxygen atoms in total. The van der Waals surface area contributed by atoms with Crippen molar-refractivity contribution < 1.29 is 14.3 Å². The van der Waals surface area contributed by atoms with Crippen molar-refractivity contribution in [2.24, 2.45) is 0 Å². The fraction of sp³-hybridized carbons (Fsp3) is 0.286. The maximum Gasteiger partial charge on any atom is 0.276 e. The normalized spacial score (nSPS) is 10.4. The van der Waals surface area contributed by atoms with Crippen LogP contribution in [0.25, 0.3) is 0 Å². The first-order valence-electron chi connectivity index (χ1n) is 9.11. The van der Waals surface area contributed by atoms with E-state index in [0.29, 0.717) is 10.8 Å². The van der Waals surface area contributed by atoms with Gasteiger partial charge in [-0.15, -0.1) is 0 Å². The fourth-order valence-corrected chi connectivity index (χ4v) is 2.83. The molecule has 2 rings (SSSR count). The minimum Gasteiger partial charge on any atom is -0.483 e. The van der Waals surface area contributed by atoms with E-state index in [2.05, 4.69) is 30.0 Å². The van der Waals surface area contributed by atoms with Gasteiger partial charge in [0.1, 0.15) is 5.75 Å². The molecule has 29 heavy (non-hydrogen) atoms. The molecule has 0 saturated carbocycles. The van der Waals surface area contributed by atoms with E-state index in [1.807, 2.05) is 25.1 Å². The number of benzene rings is 2. The molecular formula is C21H24ClN3O3S. The van der Waals surface area contributed by atoms with Crippen LogP contribution in [0.4, 0.5) is 0 Å². The van der Waals surface area contributed by atoms with Crippen LogP contribution >= 0.6 is 23.8 Å². The SMILES string of the molecule is Cc1ccc(C(C)C)c(OCC(=O)NNC(=S)NC(=O)Cc2ccc(Cl)cc2)c1. The zero-order valence-corrected chi connectivity index (χ0v) is 18.1. The first-order valence-corrected chi connectivity index (χ1v) is 9.89. The second-order valence-corrected chi connectivity index (χ2v) is 7.68. The third-order valence-electron chi connectivity index (χ3n) is 4.00. The maximum atomic E-state index is 12.0. The Morgan fingerprint density at radius 3 is 2.41 bits per heavy atom. The van der Waals surface area contributed by atoms with E-state index in [0.717, 1.165) is 16.7 Å². The molecule has 3 N–H and O–H groups in total. The molecule has 0 radical (unpaired) electrons. The Hall–Kier alpha value is -2.64. The zero-order valence-electron chi connectivity index (χ0n) is 16.5. The summed E-state index contributed by atoms with van der Waals surface area (Å²) >= 11 is 10.8. The second-order valence-electron chi connectivity index (χ2n) is 6.84. The van der Waals surface area contributed by atoms with Gasteiger partial charge in [0.05, 0.1) is 6.42 Å². The number of thiocarbonyl (C=S) groups is 1. The summed E-state index contributed by atoms with van der Waals surface area (Å²) in [7, 11) is 0. The summed E-state index contributed by atoms with van der Waals surface area (Å²) in [5.74, 6) is 0.219. The van der Waals surface area contributed by atoms with Crippen LogP contribution in [0, 0.1) is 6.92 Å². The third-order valence-corrected chi connectivity index (χ3v) is 4.45. The van der Waals surface area contributed by atoms with Crippen LogP contribution in [0.5, 0.6) is 5.75 Å². The van der Waals surface area contributed by atoms with Crippen LogP contribution < -0.4 is 20.9 Å². The summed E-state index contributed by atoms with van der Waals surface area (Å²) in [6.45, 7) is 5.90. The summed E-state index contributed by atoms with van der Waals surface area (Å²) in [6, 6.07) is 12.8. The van der Waals surface area contributed by atoms with Crippen molar-refractivity contribution in [2.75, 3.05) is 6.61 Å². The first-order chi connectivity index (χ1) is 13.7. The van der Waals surface area contributed by atoms with Crippen LogP contribution in [-0.4, -0.2) is 23.5 Å². The van der Waals surface area contributed by atoms with Gasteiger partial charge in [-0.25, -0.2) is 0 Å². The molecule has 2 amide bonds. The van der Waals surface area contributed by atoms with Gasteiger partial charge < -0.3 is 10.1 Å². The lowest BCUT2D eigenvalue weighted by Crippen LogP contribution is -2.50. The molecule has 0 spiro atoms. The number of carbonyl (C=O) groups excluding carboxylic acids is 2. The van der Waals surface area contributed by atoms with E-state index in [1.54, 1.807) is 24.3 Å². The van der Waals surface area contributed by atoms with Crippen LogP contribution in [0.1, 0.15) is 36.5 Å². The number of carbonyl (C=O) groups is 2. The standard InChI is InChI=1S/C21H24ClN3O3S/c1-13(2)17-9-4-14(3)10-18(17)28-12-20(27)24-25-21(29)23-19(26)11-15-5-7-16(22)8-6-15/h4-10,13H,11-12H2,1-3H3,(H,24,27)(H2,23,25,26,29). The Kier molecular flexibility index (Phi) is 8.42. The number of halogens is 1. The Morgan fingerprint density at radius 1 is 1.07 bits per heavy atom. The van der Waals surface area contributed by atoms with Crippen LogP contribution in [0.3, 0.4) is 0 Å². The Bertz CT molecular complexity index is 885. The number of hydrogen-bond acceptors (Lipinski definition) is 4. The van der Waals surface area contributed by atoms with E-state index < -0.39 is 5.91 Å². The predicted octanol–water partition coefficient (Wildman–Crippen LogP) is 3.42. The highest BCUT2D eigenvalue weighted by Crippen LogP contribution is 2.27. The molecule has 154 valence electrons. The Balaban J connectivity index is 1.76. The smallest absolute Gasteiger partial charge is 0.276 e. The third kappa shape index (κ3) is 7.71. The summed E-state index contributed by atoms with van der Waals surface area (Å²) < 4.78 is 5.65. The molecule has 0 atom stereocenters. The molecule has 0 unspecified atom stereocenters. The van der Waals surface area contributed by atoms with Gasteiger partial charge in [0.15, 0.2) is 11.7 Å². The molecular weight excluding hydrogens is 410 g/mol. The average Bonchev–Trinajstić information content (AvgIpc) is 2.66. The highest BCUT2D eigenvalue weighted by molar-refractivity contribution is 7.80. The Morgan fingerprint density at radius 2 is 1.76 bits per heavy atom. The number of rotatable bonds is 6. The van der Waals surface area contributed by atoms with Crippen molar-refractivity contribution >= 4 is 40.7 Å². The minimum absolute atomic E-state index is 0.00395. The van der Waals surface area contributed by atoms with Crippen LogP contribution in [-0.2, 0) is 16.0 Å². The largest absolute Gasteiger partial charge is 0.483 e. The monoisotopic (exact) mass is 433 g/mol. The van der Waals surface area contributed by atoms with Crippen molar-refractivity contribution in [1.82, 2.24) is 16.2 Å². The summed E-state index contributed by atoms with van der Waals surface area (Å²) in [5.41, 5.74) is 7.77. The fourth-order valence-electron chi connectivity index (χ4n) is 2.54. The minimum atomic E-state index is -0.421. The number of hydrogen-bond donors (Lipinski definition) is 3. The van der Waals surface area contributed by atoms with E-state index >= 15 is 0 Å². The van der Waals surface area contributed by atoms with Crippen molar-refractivity contribution in [3.8, 4) is 5.75 Å². The number of ether oxygens (including phenoxy) is 1. The number of hydrazine groups is 1. The topological polar surface area (TPSA) is 79.5 Å². The molecule has 0 aliphatic heterocycles. The number of nitrogens with one attached hydrogen (secondary N) is 3. The van der Waals surface area contributed by atoms with Gasteiger partial charge in [0.25, 0.3) is 5.91 Å². The average molecular weight is 434 g/mol. The molecule has 2 aromatic carbocycles. The highest BCUT2D eigenvalue weighted by atomic mass is 35.5. The predicted molar refractivity (Wildman–Crippen MR) is 118 cm³/mol. The molecule has 0 aromatic heterocycles. The molecule has 0 aliphatic rings. The van der Waals surface area contributed by atoms with Crippen LogP contribution in [0.2, 0.25) is 5.02 Å². The van der Waals surface area contributed by atoms with Crippen molar-refractivity contribution in [2.45, 2.75) is 33.1 Å². The van der Waals surface area contributed by atoms with Crippen LogP contribution in [0.15, 0.2) is 42.5 Å². The van der Waals surface area contributed by atoms with Crippen molar-refractivity contribution in [3.05, 3.63) is 64.2 Å². The van der Waals surface area contributed by atoms with E-state index in [1.165, 1.54) is 0 Å². The molecule has 0 bridgehead atoms. The summed E-state index contributed by atoms with van der Waals surface area (Å²) in [4.78, 5) is 24.0. The van der Waals surface area contributed by atoms with E-state index in [4.69, 9.17) is 28.6 Å². The quantitative estimate of drug-likeness (QED) is 0.480. The summed E-state index contributed by atoms with van der Waals surface area (Å²) in [5, 5.41) is 3.09. The van der Waals surface area contributed by atoms with Gasteiger partial charge in [-0.3, -0.25) is 20.4 Å². The molecule has 0 aliphatic carbocycles. The van der Waals surface area contributed by atoms with Gasteiger partial charge in [-0.1, -0.05) is 49.7 Å². The maximum absolute atomic E-state index is 12.0. The highest BCUT2D eigenvalue weighted by Gasteiger charge is 2.11. The van der Waals surface area contributed by atoms with Crippen molar-refractivity contribution in [1.29, 1.82) is 0 Å². The molecule has 0 heterocycles. The van der Waals surface area contributed by atoms with Gasteiger partial charge in [0.2, 0.25) is 5.91 Å². The molecule has 0 fully saturated rings. The lowest BCUT2D eigenvalue weighted by Gasteiger charge is -2.15. The lowest BCUT2D eigenvalue weighted by molar-refractivity contribution is -0.124. The van der Waals surface area contributed by atoms with Gasteiger partial charge in [-0.2, -0.15) is 0 Å². The lowest BCUT2D eigenvalue weighted by atomic mass is 10.0. The Labute approximate surface area is 180 Å².